The largest absolute Gasteiger partial charge is 0.458 e. The van der Waals surface area contributed by atoms with E-state index in [0.29, 0.717) is 5.57 Å². The van der Waals surface area contributed by atoms with E-state index in [1.807, 2.05) is 13.8 Å². The lowest BCUT2D eigenvalue weighted by Crippen LogP contribution is -2.51. The van der Waals surface area contributed by atoms with Crippen molar-refractivity contribution in [1.82, 2.24) is 0 Å². The maximum Gasteiger partial charge on any atom is 0.333 e. The smallest absolute Gasteiger partial charge is 0.333 e. The summed E-state index contributed by atoms with van der Waals surface area (Å²) in [5.41, 5.74) is 0.423. The van der Waals surface area contributed by atoms with Crippen molar-refractivity contribution in [1.29, 1.82) is 0 Å². The zero-order valence-corrected chi connectivity index (χ0v) is 25.6. The predicted molar refractivity (Wildman–Crippen MR) is 132 cm³/mol. The molecule has 28 heavy (non-hydrogen) atoms. The van der Waals surface area contributed by atoms with Gasteiger partial charge in [-0.05, 0) is 91.8 Å². The van der Waals surface area contributed by atoms with Crippen LogP contribution in [0.15, 0.2) is 12.2 Å². The molecular weight excluding hydrogens is 437 g/mol. The molecular formula is C18H44O5Si5. The SMILES string of the molecule is C=C(C)C(=O)OC(C)(C)[SiH](C)O[Si](C)(C)CC[SiH](O[Si](C)(C)C)O[Si](C)(C)C. The van der Waals surface area contributed by atoms with E-state index in [-0.39, 0.29) is 5.97 Å². The molecule has 0 saturated carbocycles. The third-order valence-corrected chi connectivity index (χ3v) is 20.8. The van der Waals surface area contributed by atoms with Crippen LogP contribution < -0.4 is 0 Å². The highest BCUT2D eigenvalue weighted by Gasteiger charge is 2.38. The van der Waals surface area contributed by atoms with Crippen LogP contribution in [0.1, 0.15) is 20.8 Å². The number of hydrogen-bond donors (Lipinski definition) is 0. The Morgan fingerprint density at radius 3 is 1.71 bits per heavy atom. The summed E-state index contributed by atoms with van der Waals surface area (Å²) in [6, 6.07) is 2.00. The van der Waals surface area contributed by atoms with Crippen LogP contribution in [0, 0.1) is 0 Å². The van der Waals surface area contributed by atoms with E-state index in [4.69, 9.17) is 17.1 Å². The van der Waals surface area contributed by atoms with Crippen molar-refractivity contribution in [2.24, 2.45) is 0 Å². The van der Waals surface area contributed by atoms with Gasteiger partial charge < -0.3 is 17.1 Å². The Labute approximate surface area is 180 Å². The Hall–Kier alpha value is 0.174. The van der Waals surface area contributed by atoms with Gasteiger partial charge in [0.1, 0.15) is 5.22 Å². The molecule has 0 aromatic rings. The number of carbonyl (C=O) groups is 1. The molecule has 0 radical (unpaired) electrons. The molecule has 0 fully saturated rings. The van der Waals surface area contributed by atoms with Gasteiger partial charge in [-0.15, -0.1) is 0 Å². The second-order valence-corrected chi connectivity index (χ2v) is 30.1. The second-order valence-electron chi connectivity index (χ2n) is 10.7. The van der Waals surface area contributed by atoms with E-state index in [0.717, 1.165) is 12.1 Å². The van der Waals surface area contributed by atoms with Crippen LogP contribution in [0.5, 0.6) is 0 Å². The molecule has 1 unspecified atom stereocenters. The molecule has 0 aliphatic carbocycles. The number of rotatable bonds is 12. The summed E-state index contributed by atoms with van der Waals surface area (Å²) in [6.07, 6.45) is 0. The fraction of sp³-hybridized carbons (Fsp3) is 0.833. The minimum absolute atomic E-state index is 0.341. The van der Waals surface area contributed by atoms with Crippen molar-refractivity contribution in [3.05, 3.63) is 12.2 Å². The van der Waals surface area contributed by atoms with Gasteiger partial charge in [0.25, 0.3) is 0 Å². The van der Waals surface area contributed by atoms with Gasteiger partial charge in [-0.3, -0.25) is 0 Å². The van der Waals surface area contributed by atoms with Gasteiger partial charge in [-0.2, -0.15) is 0 Å². The van der Waals surface area contributed by atoms with Gasteiger partial charge in [0.15, 0.2) is 25.0 Å². The lowest BCUT2D eigenvalue weighted by atomic mass is 10.3. The lowest BCUT2D eigenvalue weighted by molar-refractivity contribution is -0.146. The van der Waals surface area contributed by atoms with Crippen LogP contribution in [-0.4, -0.2) is 54.5 Å². The maximum atomic E-state index is 11.9. The van der Waals surface area contributed by atoms with Crippen molar-refractivity contribution < 1.29 is 21.9 Å². The van der Waals surface area contributed by atoms with E-state index < -0.39 is 48.5 Å². The summed E-state index contributed by atoms with van der Waals surface area (Å²) in [7, 11) is -8.64. The average molecular weight is 481 g/mol. The first-order valence-electron chi connectivity index (χ1n) is 10.2. The molecule has 0 heterocycles. The molecule has 0 bridgehead atoms. The van der Waals surface area contributed by atoms with Crippen LogP contribution in [-0.2, 0) is 21.9 Å². The quantitative estimate of drug-likeness (QED) is 0.225. The lowest BCUT2D eigenvalue weighted by Gasteiger charge is -2.37. The summed E-state index contributed by atoms with van der Waals surface area (Å²) in [4.78, 5) is 11.9. The molecule has 10 heteroatoms. The summed E-state index contributed by atoms with van der Waals surface area (Å²) >= 11 is 0. The third kappa shape index (κ3) is 12.7. The van der Waals surface area contributed by atoms with Gasteiger partial charge in [0.05, 0.1) is 0 Å². The van der Waals surface area contributed by atoms with Crippen LogP contribution in [0.3, 0.4) is 0 Å². The molecule has 166 valence electrons. The molecule has 0 spiro atoms. The summed E-state index contributed by atoms with van der Waals surface area (Å²) < 4.78 is 25.2. The van der Waals surface area contributed by atoms with Gasteiger partial charge in [-0.1, -0.05) is 6.58 Å². The van der Waals surface area contributed by atoms with Gasteiger partial charge >= 0.3 is 15.3 Å². The topological polar surface area (TPSA) is 54.0 Å². The summed E-state index contributed by atoms with van der Waals surface area (Å²) in [5.74, 6) is -0.341. The van der Waals surface area contributed by atoms with Crippen molar-refractivity contribution in [2.45, 2.75) is 97.0 Å². The Bertz CT molecular complexity index is 521. The summed E-state index contributed by atoms with van der Waals surface area (Å²) in [5, 5.41) is -0.569. The van der Waals surface area contributed by atoms with Gasteiger partial charge in [0, 0.05) is 5.57 Å². The highest BCUT2D eigenvalue weighted by Crippen LogP contribution is 2.25. The molecule has 5 nitrogen and oxygen atoms in total. The highest BCUT2D eigenvalue weighted by atomic mass is 28.4. The molecule has 0 N–H and O–H groups in total. The molecule has 0 saturated heterocycles. The average Bonchev–Trinajstić information content (AvgIpc) is 2.40. The van der Waals surface area contributed by atoms with E-state index in [9.17, 15) is 4.79 Å². The first kappa shape index (κ1) is 28.2. The fourth-order valence-corrected chi connectivity index (χ4v) is 19.8. The zero-order chi connectivity index (χ0) is 22.6. The summed E-state index contributed by atoms with van der Waals surface area (Å²) in [6.45, 7) is 29.2. The third-order valence-electron chi connectivity index (χ3n) is 4.13. The van der Waals surface area contributed by atoms with Crippen molar-refractivity contribution >= 4 is 49.2 Å². The number of esters is 1. The van der Waals surface area contributed by atoms with Crippen molar-refractivity contribution in [2.75, 3.05) is 0 Å². The van der Waals surface area contributed by atoms with Gasteiger partial charge in [-0.25, -0.2) is 4.79 Å². The van der Waals surface area contributed by atoms with Crippen LogP contribution in [0.25, 0.3) is 0 Å². The number of hydrogen-bond acceptors (Lipinski definition) is 5. The Kier molecular flexibility index (Phi) is 10.5. The Balaban J connectivity index is 4.99. The minimum atomic E-state index is -1.91. The number of ether oxygens (including phenoxy) is 1. The molecule has 0 aliphatic rings. The van der Waals surface area contributed by atoms with Crippen LogP contribution >= 0.6 is 0 Å². The first-order valence-corrected chi connectivity index (χ1v) is 24.1. The minimum Gasteiger partial charge on any atom is -0.458 e. The van der Waals surface area contributed by atoms with Crippen molar-refractivity contribution in [3.63, 3.8) is 0 Å². The monoisotopic (exact) mass is 480 g/mol. The Morgan fingerprint density at radius 2 is 1.36 bits per heavy atom. The molecule has 0 aliphatic heterocycles. The number of carbonyl (C=O) groups excluding carboxylic acids is 1. The standard InChI is InChI=1S/C18H44O5Si5/c1-16(2)17(19)20-18(3,4)24(5)21-28(12,13)15-14-25(22-26(6,7)8)23-27(9,10)11/h24-25H,1,14-15H2,2-13H3. The van der Waals surface area contributed by atoms with E-state index >= 15 is 0 Å². The second kappa shape index (κ2) is 10.5. The molecule has 0 aromatic carbocycles. The molecule has 0 amide bonds. The van der Waals surface area contributed by atoms with E-state index in [2.05, 4.69) is 65.5 Å². The zero-order valence-electron chi connectivity index (χ0n) is 20.3. The van der Waals surface area contributed by atoms with Crippen LogP contribution in [0.2, 0.25) is 71.0 Å². The highest BCUT2D eigenvalue weighted by molar-refractivity contribution is 6.83. The maximum absolute atomic E-state index is 11.9. The molecule has 0 aromatic heterocycles. The normalized spacial score (nSPS) is 14.9. The van der Waals surface area contributed by atoms with E-state index in [1.54, 1.807) is 6.92 Å². The Morgan fingerprint density at radius 1 is 0.929 bits per heavy atom. The fourth-order valence-electron chi connectivity index (χ4n) is 2.48. The van der Waals surface area contributed by atoms with E-state index in [1.165, 1.54) is 0 Å². The predicted octanol–water partition coefficient (Wildman–Crippen LogP) is 4.92. The molecule has 0 rings (SSSR count). The van der Waals surface area contributed by atoms with Crippen LogP contribution in [0.4, 0.5) is 0 Å². The van der Waals surface area contributed by atoms with Gasteiger partial charge in [0.2, 0.25) is 9.04 Å². The van der Waals surface area contributed by atoms with Crippen molar-refractivity contribution in [3.8, 4) is 0 Å². The first-order chi connectivity index (χ1) is 12.2. The molecule has 1 atom stereocenters.